The van der Waals surface area contributed by atoms with Gasteiger partial charge >= 0.3 is 5.97 Å². The summed E-state index contributed by atoms with van der Waals surface area (Å²) in [7, 11) is 1.52. The number of halogens is 2. The molecule has 0 aromatic heterocycles. The molecule has 0 saturated heterocycles. The van der Waals surface area contributed by atoms with E-state index in [1.807, 2.05) is 18.2 Å². The van der Waals surface area contributed by atoms with Crippen LogP contribution in [-0.2, 0) is 11.2 Å². The molecule has 5 nitrogen and oxygen atoms in total. The van der Waals surface area contributed by atoms with E-state index in [4.69, 9.17) is 30.9 Å². The molecule has 2 unspecified atom stereocenters. The second kappa shape index (κ2) is 9.09. The molecule has 4 rings (SSSR count). The second-order valence-corrected chi connectivity index (χ2v) is 8.13. The first-order valence-electron chi connectivity index (χ1n) is 10.1. The Kier molecular flexibility index (Phi) is 6.24. The number of aliphatic carboxylic acids is 1. The van der Waals surface area contributed by atoms with Gasteiger partial charge < -0.3 is 19.3 Å². The third kappa shape index (κ3) is 4.50. The second-order valence-electron chi connectivity index (χ2n) is 7.73. The van der Waals surface area contributed by atoms with E-state index in [1.165, 1.54) is 13.2 Å². The van der Waals surface area contributed by atoms with Crippen LogP contribution in [0.5, 0.6) is 17.2 Å². The van der Waals surface area contributed by atoms with Crippen LogP contribution in [0, 0.1) is 11.7 Å². The maximum absolute atomic E-state index is 14.4. The minimum Gasteiger partial charge on any atom is -0.497 e. The van der Waals surface area contributed by atoms with Gasteiger partial charge in [0, 0.05) is 16.1 Å². The number of methoxy groups -OCH3 is 1. The lowest BCUT2D eigenvalue weighted by molar-refractivity contribution is -0.141. The van der Waals surface area contributed by atoms with E-state index in [1.54, 1.807) is 37.3 Å². The Morgan fingerprint density at radius 2 is 1.97 bits per heavy atom. The molecule has 0 saturated carbocycles. The van der Waals surface area contributed by atoms with Crippen molar-refractivity contribution in [2.24, 2.45) is 5.92 Å². The van der Waals surface area contributed by atoms with Crippen LogP contribution in [0.15, 0.2) is 54.6 Å². The highest BCUT2D eigenvalue weighted by Crippen LogP contribution is 2.39. The smallest absolute Gasteiger partial charge is 0.306 e. The first kappa shape index (κ1) is 22.0. The molecule has 1 aliphatic heterocycles. The first-order valence-corrected chi connectivity index (χ1v) is 10.5. The maximum Gasteiger partial charge on any atom is 0.306 e. The molecule has 3 aromatic carbocycles. The molecular weight excluding hydrogens is 435 g/mol. The van der Waals surface area contributed by atoms with E-state index in [0.29, 0.717) is 46.4 Å². The topological polar surface area (TPSA) is 65.0 Å². The van der Waals surface area contributed by atoms with Crippen molar-refractivity contribution in [3.8, 4) is 28.4 Å². The number of rotatable bonds is 6. The van der Waals surface area contributed by atoms with Crippen molar-refractivity contribution in [3.63, 3.8) is 0 Å². The van der Waals surface area contributed by atoms with Gasteiger partial charge in [0.05, 0.1) is 13.0 Å². The molecule has 0 bridgehead atoms. The molecule has 166 valence electrons. The number of carboxylic acid groups (broad SMARTS) is 1. The van der Waals surface area contributed by atoms with E-state index in [9.17, 15) is 9.18 Å². The predicted molar refractivity (Wildman–Crippen MR) is 119 cm³/mol. The number of carboxylic acids is 1. The van der Waals surface area contributed by atoms with E-state index in [0.717, 1.165) is 11.1 Å². The van der Waals surface area contributed by atoms with Gasteiger partial charge in [0.2, 0.25) is 0 Å². The highest BCUT2D eigenvalue weighted by Gasteiger charge is 2.24. The molecule has 1 heterocycles. The van der Waals surface area contributed by atoms with E-state index < -0.39 is 23.8 Å². The number of benzene rings is 3. The fourth-order valence-electron chi connectivity index (χ4n) is 3.64. The predicted octanol–water partition coefficient (Wildman–Crippen LogP) is 5.93. The summed E-state index contributed by atoms with van der Waals surface area (Å²) >= 11 is 6.50. The van der Waals surface area contributed by atoms with Gasteiger partial charge in [-0.25, -0.2) is 4.39 Å². The summed E-state index contributed by atoms with van der Waals surface area (Å²) in [5, 5.41) is 9.53. The minimum absolute atomic E-state index is 0.293. The van der Waals surface area contributed by atoms with Crippen LogP contribution < -0.4 is 14.2 Å². The standard InChI is InChI=1S/C25H22ClFO5/c1-14(25(28)29)9-15-3-8-22-23(10-15)32-24(13-31-22)16-4-6-18(20(26)11-16)19-12-17(30-2)5-7-21(19)27/h3-8,10-12,14,24H,9,13H2,1-2H3,(H,28,29). The van der Waals surface area contributed by atoms with Crippen molar-refractivity contribution < 1.29 is 28.5 Å². The molecular formula is C25H22ClFO5. The number of carbonyl (C=O) groups is 1. The number of hydrogen-bond donors (Lipinski definition) is 1. The van der Waals surface area contributed by atoms with Crippen LogP contribution in [0.4, 0.5) is 4.39 Å². The molecule has 32 heavy (non-hydrogen) atoms. The maximum atomic E-state index is 14.4. The van der Waals surface area contributed by atoms with E-state index >= 15 is 0 Å². The van der Waals surface area contributed by atoms with Gasteiger partial charge in [-0.05, 0) is 53.9 Å². The van der Waals surface area contributed by atoms with Gasteiger partial charge in [-0.3, -0.25) is 4.79 Å². The zero-order valence-corrected chi connectivity index (χ0v) is 18.4. The Bertz CT molecular complexity index is 1160. The van der Waals surface area contributed by atoms with Gasteiger partial charge in [0.25, 0.3) is 0 Å². The normalized spacial score (nSPS) is 15.8. The van der Waals surface area contributed by atoms with Gasteiger partial charge in [0.15, 0.2) is 17.6 Å². The summed E-state index contributed by atoms with van der Waals surface area (Å²) in [4.78, 5) is 11.1. The molecule has 0 spiro atoms. The van der Waals surface area contributed by atoms with Crippen molar-refractivity contribution in [2.75, 3.05) is 13.7 Å². The Balaban J connectivity index is 1.57. The summed E-state index contributed by atoms with van der Waals surface area (Å²) < 4.78 is 31.5. The summed E-state index contributed by atoms with van der Waals surface area (Å²) in [6.07, 6.45) is -0.0140. The average molecular weight is 457 g/mol. The fraction of sp³-hybridized carbons (Fsp3) is 0.240. The largest absolute Gasteiger partial charge is 0.497 e. The van der Waals surface area contributed by atoms with E-state index in [-0.39, 0.29) is 0 Å². The zero-order chi connectivity index (χ0) is 22.8. The molecule has 7 heteroatoms. The summed E-state index contributed by atoms with van der Waals surface area (Å²) in [5.74, 6) is -0.0499. The van der Waals surface area contributed by atoms with Crippen molar-refractivity contribution in [1.82, 2.24) is 0 Å². The quantitative estimate of drug-likeness (QED) is 0.498. The van der Waals surface area contributed by atoms with Crippen LogP contribution in [-0.4, -0.2) is 24.8 Å². The minimum atomic E-state index is -0.847. The highest BCUT2D eigenvalue weighted by atomic mass is 35.5. The first-order chi connectivity index (χ1) is 15.4. The number of fused-ring (bicyclic) bond motifs is 1. The van der Waals surface area contributed by atoms with Crippen molar-refractivity contribution in [3.05, 3.63) is 76.6 Å². The van der Waals surface area contributed by atoms with Gasteiger partial charge in [-0.15, -0.1) is 0 Å². The molecule has 0 aliphatic carbocycles. The SMILES string of the molecule is COc1ccc(F)c(-c2ccc(C3COc4ccc(CC(C)C(=O)O)cc4O3)cc2Cl)c1. The van der Waals surface area contributed by atoms with Crippen LogP contribution >= 0.6 is 11.6 Å². The van der Waals surface area contributed by atoms with Crippen molar-refractivity contribution >= 4 is 17.6 Å². The lowest BCUT2D eigenvalue weighted by Crippen LogP contribution is -2.22. The zero-order valence-electron chi connectivity index (χ0n) is 17.6. The summed E-state index contributed by atoms with van der Waals surface area (Å²) in [6, 6.07) is 15.3. The van der Waals surface area contributed by atoms with Crippen LogP contribution in [0.3, 0.4) is 0 Å². The van der Waals surface area contributed by atoms with Crippen molar-refractivity contribution in [1.29, 1.82) is 0 Å². The van der Waals surface area contributed by atoms with Gasteiger partial charge in [0.1, 0.15) is 18.2 Å². The molecule has 1 aliphatic rings. The highest BCUT2D eigenvalue weighted by molar-refractivity contribution is 6.33. The van der Waals surface area contributed by atoms with Crippen molar-refractivity contribution in [2.45, 2.75) is 19.4 Å². The van der Waals surface area contributed by atoms with Crippen LogP contribution in [0.2, 0.25) is 5.02 Å². The summed E-state index contributed by atoms with van der Waals surface area (Å²) in [5.41, 5.74) is 2.54. The Morgan fingerprint density at radius 1 is 1.16 bits per heavy atom. The Labute approximate surface area is 190 Å². The number of ether oxygens (including phenoxy) is 3. The third-order valence-corrected chi connectivity index (χ3v) is 5.77. The summed E-state index contributed by atoms with van der Waals surface area (Å²) in [6.45, 7) is 1.96. The van der Waals surface area contributed by atoms with Crippen LogP contribution in [0.25, 0.3) is 11.1 Å². The average Bonchev–Trinajstić information content (AvgIpc) is 2.79. The van der Waals surface area contributed by atoms with Crippen LogP contribution in [0.1, 0.15) is 24.2 Å². The Hall–Kier alpha value is -3.25. The molecule has 2 atom stereocenters. The lowest BCUT2D eigenvalue weighted by atomic mass is 9.99. The molecule has 0 radical (unpaired) electrons. The monoisotopic (exact) mass is 456 g/mol. The molecule has 3 aromatic rings. The number of hydrogen-bond acceptors (Lipinski definition) is 4. The molecule has 1 N–H and O–H groups in total. The molecule has 0 amide bonds. The van der Waals surface area contributed by atoms with Gasteiger partial charge in [-0.2, -0.15) is 0 Å². The fourth-order valence-corrected chi connectivity index (χ4v) is 3.93. The van der Waals surface area contributed by atoms with Gasteiger partial charge in [-0.1, -0.05) is 36.7 Å². The Morgan fingerprint density at radius 3 is 2.69 bits per heavy atom. The third-order valence-electron chi connectivity index (χ3n) is 5.46. The lowest BCUT2D eigenvalue weighted by Gasteiger charge is -2.27. The van der Waals surface area contributed by atoms with E-state index in [2.05, 4.69) is 0 Å². The molecule has 0 fully saturated rings.